The molecular formula is C14H16O2. The van der Waals surface area contributed by atoms with Crippen LogP contribution in [0.1, 0.15) is 5.56 Å². The van der Waals surface area contributed by atoms with Crippen molar-refractivity contribution in [3.8, 4) is 11.5 Å². The molecule has 2 nitrogen and oxygen atoms in total. The first kappa shape index (κ1) is 12.1. The van der Waals surface area contributed by atoms with E-state index in [1.807, 2.05) is 24.3 Å². The highest BCUT2D eigenvalue weighted by Crippen LogP contribution is 2.30. The van der Waals surface area contributed by atoms with E-state index in [4.69, 9.17) is 9.47 Å². The van der Waals surface area contributed by atoms with E-state index in [0.717, 1.165) is 22.6 Å². The molecule has 0 aromatic heterocycles. The van der Waals surface area contributed by atoms with Gasteiger partial charge in [0.1, 0.15) is 11.5 Å². The van der Waals surface area contributed by atoms with Crippen molar-refractivity contribution in [2.75, 3.05) is 14.2 Å². The lowest BCUT2D eigenvalue weighted by molar-refractivity contribution is 0.402. The van der Waals surface area contributed by atoms with Gasteiger partial charge in [0.15, 0.2) is 0 Å². The van der Waals surface area contributed by atoms with Gasteiger partial charge in [-0.3, -0.25) is 0 Å². The Labute approximate surface area is 96.5 Å². The molecule has 1 rings (SSSR count). The summed E-state index contributed by atoms with van der Waals surface area (Å²) in [6.45, 7) is 7.45. The Bertz CT molecular complexity index is 417. The molecule has 0 spiro atoms. The lowest BCUT2D eigenvalue weighted by Crippen LogP contribution is -1.92. The van der Waals surface area contributed by atoms with Crippen LogP contribution in [0.5, 0.6) is 11.5 Å². The van der Waals surface area contributed by atoms with Gasteiger partial charge in [0.05, 0.1) is 14.2 Å². The third-order valence-corrected chi connectivity index (χ3v) is 2.23. The molecule has 0 saturated carbocycles. The van der Waals surface area contributed by atoms with E-state index < -0.39 is 0 Å². The van der Waals surface area contributed by atoms with Crippen LogP contribution >= 0.6 is 0 Å². The van der Waals surface area contributed by atoms with E-state index in [1.165, 1.54) is 0 Å². The van der Waals surface area contributed by atoms with Crippen molar-refractivity contribution in [1.29, 1.82) is 0 Å². The lowest BCUT2D eigenvalue weighted by Gasteiger charge is -2.10. The van der Waals surface area contributed by atoms with Crippen LogP contribution in [0.15, 0.2) is 49.6 Å². The molecule has 0 bridgehead atoms. The number of hydrogen-bond acceptors (Lipinski definition) is 2. The quantitative estimate of drug-likeness (QED) is 0.702. The molecule has 1 aromatic rings. The predicted molar refractivity (Wildman–Crippen MR) is 67.9 cm³/mol. The van der Waals surface area contributed by atoms with Gasteiger partial charge in [0, 0.05) is 5.56 Å². The molecule has 0 heterocycles. The standard InChI is InChI=1S/C14H16O2/c1-5-7-11(6-2)13-10-12(15-3)8-9-14(13)16-4/h5-10H,1-2H2,3-4H3/b11-7+. The van der Waals surface area contributed by atoms with Crippen LogP contribution in [0, 0.1) is 0 Å². The van der Waals surface area contributed by atoms with Gasteiger partial charge >= 0.3 is 0 Å². The molecule has 0 aliphatic carbocycles. The van der Waals surface area contributed by atoms with E-state index >= 15 is 0 Å². The fourth-order valence-corrected chi connectivity index (χ4v) is 1.43. The third kappa shape index (κ3) is 2.54. The first-order valence-electron chi connectivity index (χ1n) is 4.94. The smallest absolute Gasteiger partial charge is 0.126 e. The average molecular weight is 216 g/mol. The van der Waals surface area contributed by atoms with E-state index in [-0.39, 0.29) is 0 Å². The predicted octanol–water partition coefficient (Wildman–Crippen LogP) is 3.46. The Balaban J connectivity index is 3.32. The van der Waals surface area contributed by atoms with E-state index in [1.54, 1.807) is 26.4 Å². The molecule has 0 saturated heterocycles. The summed E-state index contributed by atoms with van der Waals surface area (Å²) in [4.78, 5) is 0. The van der Waals surface area contributed by atoms with E-state index in [0.29, 0.717) is 0 Å². The molecule has 0 unspecified atom stereocenters. The summed E-state index contributed by atoms with van der Waals surface area (Å²) in [5.74, 6) is 1.57. The number of allylic oxidation sites excluding steroid dienone is 4. The minimum absolute atomic E-state index is 0.785. The minimum Gasteiger partial charge on any atom is -0.497 e. The van der Waals surface area contributed by atoms with Crippen molar-refractivity contribution in [2.24, 2.45) is 0 Å². The van der Waals surface area contributed by atoms with Crippen LogP contribution in [0.4, 0.5) is 0 Å². The van der Waals surface area contributed by atoms with Gasteiger partial charge in [-0.15, -0.1) is 0 Å². The molecular weight excluding hydrogens is 200 g/mol. The monoisotopic (exact) mass is 216 g/mol. The molecule has 84 valence electrons. The maximum absolute atomic E-state index is 5.30. The van der Waals surface area contributed by atoms with Crippen LogP contribution < -0.4 is 9.47 Å². The lowest BCUT2D eigenvalue weighted by atomic mass is 10.0. The molecule has 1 aromatic carbocycles. The summed E-state index contributed by atoms with van der Waals surface area (Å²) in [6, 6.07) is 5.64. The van der Waals surface area contributed by atoms with Gasteiger partial charge in [-0.25, -0.2) is 0 Å². The summed E-state index contributed by atoms with van der Waals surface area (Å²) < 4.78 is 10.5. The number of methoxy groups -OCH3 is 2. The highest BCUT2D eigenvalue weighted by molar-refractivity contribution is 5.79. The van der Waals surface area contributed by atoms with Gasteiger partial charge < -0.3 is 9.47 Å². The fraction of sp³-hybridized carbons (Fsp3) is 0.143. The first-order chi connectivity index (χ1) is 7.76. The molecule has 0 radical (unpaired) electrons. The normalized spacial score (nSPS) is 10.8. The van der Waals surface area contributed by atoms with Crippen molar-refractivity contribution in [1.82, 2.24) is 0 Å². The molecule has 0 fully saturated rings. The van der Waals surface area contributed by atoms with Crippen molar-refractivity contribution in [2.45, 2.75) is 0 Å². The highest BCUT2D eigenvalue weighted by Gasteiger charge is 2.07. The summed E-state index contributed by atoms with van der Waals surface area (Å²) >= 11 is 0. The molecule has 0 atom stereocenters. The maximum atomic E-state index is 5.30. The number of rotatable bonds is 5. The summed E-state index contributed by atoms with van der Waals surface area (Å²) in [5.41, 5.74) is 1.89. The first-order valence-corrected chi connectivity index (χ1v) is 4.94. The van der Waals surface area contributed by atoms with Crippen molar-refractivity contribution >= 4 is 5.57 Å². The zero-order valence-corrected chi connectivity index (χ0v) is 9.69. The van der Waals surface area contributed by atoms with Gasteiger partial charge in [-0.1, -0.05) is 31.4 Å². The molecule has 16 heavy (non-hydrogen) atoms. The number of ether oxygens (including phenoxy) is 2. The molecule has 2 heteroatoms. The summed E-state index contributed by atoms with van der Waals surface area (Å²) in [5, 5.41) is 0. The van der Waals surface area contributed by atoms with Crippen molar-refractivity contribution < 1.29 is 9.47 Å². The Hall–Kier alpha value is -1.96. The second-order valence-corrected chi connectivity index (χ2v) is 3.13. The van der Waals surface area contributed by atoms with E-state index in [2.05, 4.69) is 13.2 Å². The molecule has 0 aliphatic heterocycles. The van der Waals surface area contributed by atoms with Gasteiger partial charge in [0.25, 0.3) is 0 Å². The SMILES string of the molecule is C=C/C=C(\C=C)c1cc(OC)ccc1OC. The zero-order valence-electron chi connectivity index (χ0n) is 9.69. The van der Waals surface area contributed by atoms with Crippen LogP contribution in [-0.2, 0) is 0 Å². The van der Waals surface area contributed by atoms with Crippen LogP contribution in [-0.4, -0.2) is 14.2 Å². The Morgan fingerprint density at radius 1 is 1.19 bits per heavy atom. The van der Waals surface area contributed by atoms with Crippen LogP contribution in [0.2, 0.25) is 0 Å². The van der Waals surface area contributed by atoms with Crippen LogP contribution in [0.3, 0.4) is 0 Å². The van der Waals surface area contributed by atoms with Crippen molar-refractivity contribution in [3.05, 3.63) is 55.1 Å². The average Bonchev–Trinajstić information content (AvgIpc) is 2.35. The number of hydrogen-bond donors (Lipinski definition) is 0. The molecule has 0 amide bonds. The maximum Gasteiger partial charge on any atom is 0.126 e. The van der Waals surface area contributed by atoms with Crippen LogP contribution in [0.25, 0.3) is 5.57 Å². The Morgan fingerprint density at radius 2 is 1.94 bits per heavy atom. The van der Waals surface area contributed by atoms with Gasteiger partial charge in [0.2, 0.25) is 0 Å². The Morgan fingerprint density at radius 3 is 2.44 bits per heavy atom. The van der Waals surface area contributed by atoms with E-state index in [9.17, 15) is 0 Å². The summed E-state index contributed by atoms with van der Waals surface area (Å²) in [7, 11) is 3.27. The van der Waals surface area contributed by atoms with Crippen molar-refractivity contribution in [3.63, 3.8) is 0 Å². The van der Waals surface area contributed by atoms with Gasteiger partial charge in [-0.05, 0) is 23.8 Å². The number of benzene rings is 1. The second-order valence-electron chi connectivity index (χ2n) is 3.13. The third-order valence-electron chi connectivity index (χ3n) is 2.23. The topological polar surface area (TPSA) is 18.5 Å². The fourth-order valence-electron chi connectivity index (χ4n) is 1.43. The van der Waals surface area contributed by atoms with Gasteiger partial charge in [-0.2, -0.15) is 0 Å². The summed E-state index contributed by atoms with van der Waals surface area (Å²) in [6.07, 6.45) is 5.36. The Kier molecular flexibility index (Phi) is 4.40. The molecule has 0 aliphatic rings. The molecule has 0 N–H and O–H groups in total. The largest absolute Gasteiger partial charge is 0.497 e. The highest BCUT2D eigenvalue weighted by atomic mass is 16.5. The second kappa shape index (κ2) is 5.81. The minimum atomic E-state index is 0.785. The zero-order chi connectivity index (χ0) is 12.0.